The van der Waals surface area contributed by atoms with Crippen LogP contribution in [0.3, 0.4) is 0 Å². The van der Waals surface area contributed by atoms with Gasteiger partial charge in [-0.2, -0.15) is 0 Å². The number of methoxy groups -OCH3 is 1. The van der Waals surface area contributed by atoms with Gasteiger partial charge in [-0.25, -0.2) is 4.39 Å². The number of carbonyl (C=O) groups is 1. The van der Waals surface area contributed by atoms with Gasteiger partial charge < -0.3 is 15.0 Å². The number of ether oxygens (including phenoxy) is 1. The first-order valence-corrected chi connectivity index (χ1v) is 6.35. The summed E-state index contributed by atoms with van der Waals surface area (Å²) in [7, 11) is 1.48. The lowest BCUT2D eigenvalue weighted by atomic mass is 10.1. The average molecular weight is 284 g/mol. The molecular weight excluding hydrogens is 271 g/mol. The first kappa shape index (κ1) is 13.2. The summed E-state index contributed by atoms with van der Waals surface area (Å²) in [4.78, 5) is 11.4. The number of amides is 1. The van der Waals surface area contributed by atoms with Crippen molar-refractivity contribution in [1.82, 2.24) is 4.57 Å². The summed E-state index contributed by atoms with van der Waals surface area (Å²) in [5.74, 6) is -0.453. The molecule has 0 saturated carbocycles. The topological polar surface area (TPSA) is 57.2 Å². The number of aromatic nitrogens is 1. The van der Waals surface area contributed by atoms with Gasteiger partial charge in [-0.3, -0.25) is 4.79 Å². The van der Waals surface area contributed by atoms with Crippen LogP contribution in [0.25, 0.3) is 16.6 Å². The summed E-state index contributed by atoms with van der Waals surface area (Å²) in [5, 5.41) is 0.730. The van der Waals surface area contributed by atoms with Crippen molar-refractivity contribution >= 4 is 16.8 Å². The van der Waals surface area contributed by atoms with Crippen LogP contribution in [0.4, 0.5) is 4.39 Å². The molecule has 1 aromatic heterocycles. The van der Waals surface area contributed by atoms with Crippen LogP contribution in [0.1, 0.15) is 10.4 Å². The van der Waals surface area contributed by atoms with E-state index in [4.69, 9.17) is 10.5 Å². The molecule has 1 heterocycles. The highest BCUT2D eigenvalue weighted by atomic mass is 19.1. The van der Waals surface area contributed by atoms with E-state index in [1.807, 2.05) is 6.07 Å². The molecule has 4 nitrogen and oxygen atoms in total. The van der Waals surface area contributed by atoms with Crippen LogP contribution in [-0.2, 0) is 0 Å². The fourth-order valence-corrected chi connectivity index (χ4v) is 2.41. The second-order valence-electron chi connectivity index (χ2n) is 4.64. The zero-order valence-corrected chi connectivity index (χ0v) is 11.3. The lowest BCUT2D eigenvalue weighted by Crippen LogP contribution is -2.11. The van der Waals surface area contributed by atoms with Crippen molar-refractivity contribution < 1.29 is 13.9 Å². The minimum atomic E-state index is -0.491. The van der Waals surface area contributed by atoms with E-state index < -0.39 is 11.7 Å². The van der Waals surface area contributed by atoms with E-state index in [-0.39, 0.29) is 0 Å². The normalized spacial score (nSPS) is 10.8. The summed E-state index contributed by atoms with van der Waals surface area (Å²) in [6.45, 7) is 0. The van der Waals surface area contributed by atoms with E-state index in [2.05, 4.69) is 0 Å². The summed E-state index contributed by atoms with van der Waals surface area (Å²) >= 11 is 0. The third kappa shape index (κ3) is 2.23. The monoisotopic (exact) mass is 284 g/mol. The molecule has 5 heteroatoms. The van der Waals surface area contributed by atoms with Gasteiger partial charge in [0.25, 0.3) is 0 Å². The summed E-state index contributed by atoms with van der Waals surface area (Å²) in [5.41, 5.74) is 7.20. The Hall–Kier alpha value is -2.82. The molecule has 106 valence electrons. The largest absolute Gasteiger partial charge is 0.497 e. The van der Waals surface area contributed by atoms with Crippen molar-refractivity contribution in [3.05, 3.63) is 60.0 Å². The number of rotatable bonds is 3. The average Bonchev–Trinajstić information content (AvgIpc) is 2.90. The Kier molecular flexibility index (Phi) is 3.10. The lowest BCUT2D eigenvalue weighted by molar-refractivity contribution is 0.100. The molecule has 0 atom stereocenters. The highest BCUT2D eigenvalue weighted by molar-refractivity contribution is 6.06. The number of benzene rings is 2. The molecule has 3 rings (SSSR count). The Labute approximate surface area is 120 Å². The SMILES string of the molecule is COc1cc(F)cc(-n2ccc3c(C(N)=O)cccc32)c1. The predicted octanol–water partition coefficient (Wildman–Crippen LogP) is 2.88. The number of primary amides is 1. The Morgan fingerprint density at radius 2 is 2.05 bits per heavy atom. The third-order valence-electron chi connectivity index (χ3n) is 3.37. The summed E-state index contributed by atoms with van der Waals surface area (Å²) in [6.07, 6.45) is 1.77. The molecule has 0 bridgehead atoms. The van der Waals surface area contributed by atoms with Gasteiger partial charge in [0.05, 0.1) is 18.3 Å². The Morgan fingerprint density at radius 3 is 2.76 bits per heavy atom. The van der Waals surface area contributed by atoms with Crippen LogP contribution in [0.5, 0.6) is 5.75 Å². The molecule has 0 spiro atoms. The Bertz CT molecular complexity index is 839. The van der Waals surface area contributed by atoms with Gasteiger partial charge in [-0.15, -0.1) is 0 Å². The van der Waals surface area contributed by atoms with E-state index in [0.717, 1.165) is 10.9 Å². The summed E-state index contributed by atoms with van der Waals surface area (Å²) < 4.78 is 20.5. The van der Waals surface area contributed by atoms with Crippen LogP contribution in [0.15, 0.2) is 48.7 Å². The van der Waals surface area contributed by atoms with Crippen LogP contribution in [-0.4, -0.2) is 17.6 Å². The van der Waals surface area contributed by atoms with Gasteiger partial charge >= 0.3 is 0 Å². The number of nitrogens with two attached hydrogens (primary N) is 1. The standard InChI is InChI=1S/C16H13FN2O2/c1-21-12-8-10(17)7-11(9-12)19-6-5-13-14(16(18)20)3-2-4-15(13)19/h2-9H,1H3,(H2,18,20). The maximum Gasteiger partial charge on any atom is 0.249 e. The Balaban J connectivity index is 2.24. The van der Waals surface area contributed by atoms with Crippen molar-refractivity contribution in [3.63, 3.8) is 0 Å². The van der Waals surface area contributed by atoms with Crippen LogP contribution < -0.4 is 10.5 Å². The Morgan fingerprint density at radius 1 is 1.24 bits per heavy atom. The number of hydrogen-bond donors (Lipinski definition) is 1. The molecular formula is C16H13FN2O2. The van der Waals surface area contributed by atoms with Crippen LogP contribution in [0, 0.1) is 5.82 Å². The zero-order chi connectivity index (χ0) is 15.0. The van der Waals surface area contributed by atoms with Gasteiger partial charge in [0, 0.05) is 29.3 Å². The van der Waals surface area contributed by atoms with Gasteiger partial charge in [0.15, 0.2) is 0 Å². The molecule has 0 aliphatic heterocycles. The van der Waals surface area contributed by atoms with Gasteiger partial charge in [0.2, 0.25) is 5.91 Å². The minimum absolute atomic E-state index is 0.391. The molecule has 0 aliphatic rings. The zero-order valence-electron chi connectivity index (χ0n) is 11.3. The summed E-state index contributed by atoms with van der Waals surface area (Å²) in [6, 6.07) is 11.5. The second-order valence-corrected chi connectivity index (χ2v) is 4.64. The first-order valence-electron chi connectivity index (χ1n) is 6.35. The maximum absolute atomic E-state index is 13.6. The van der Waals surface area contributed by atoms with Crippen LogP contribution >= 0.6 is 0 Å². The fraction of sp³-hybridized carbons (Fsp3) is 0.0625. The lowest BCUT2D eigenvalue weighted by Gasteiger charge is -2.09. The maximum atomic E-state index is 13.6. The third-order valence-corrected chi connectivity index (χ3v) is 3.37. The first-order chi connectivity index (χ1) is 10.1. The molecule has 0 radical (unpaired) electrons. The molecule has 0 fully saturated rings. The van der Waals surface area contributed by atoms with Crippen molar-refractivity contribution in [3.8, 4) is 11.4 Å². The molecule has 21 heavy (non-hydrogen) atoms. The number of fused-ring (bicyclic) bond motifs is 1. The number of nitrogens with zero attached hydrogens (tertiary/aromatic N) is 1. The van der Waals surface area contributed by atoms with Crippen LogP contribution in [0.2, 0.25) is 0 Å². The van der Waals surface area contributed by atoms with E-state index in [1.54, 1.807) is 35.0 Å². The van der Waals surface area contributed by atoms with Crippen molar-refractivity contribution in [2.75, 3.05) is 7.11 Å². The molecule has 2 N–H and O–H groups in total. The van der Waals surface area contributed by atoms with Gasteiger partial charge in [-0.05, 0) is 24.3 Å². The number of hydrogen-bond acceptors (Lipinski definition) is 2. The molecule has 1 amide bonds. The minimum Gasteiger partial charge on any atom is -0.497 e. The molecule has 3 aromatic rings. The van der Waals surface area contributed by atoms with Crippen molar-refractivity contribution in [2.24, 2.45) is 5.73 Å². The van der Waals surface area contributed by atoms with E-state index in [1.165, 1.54) is 19.2 Å². The highest BCUT2D eigenvalue weighted by Gasteiger charge is 2.11. The highest BCUT2D eigenvalue weighted by Crippen LogP contribution is 2.26. The van der Waals surface area contributed by atoms with Gasteiger partial charge in [0.1, 0.15) is 11.6 Å². The van der Waals surface area contributed by atoms with E-state index in [9.17, 15) is 9.18 Å². The van der Waals surface area contributed by atoms with Crippen molar-refractivity contribution in [1.29, 1.82) is 0 Å². The smallest absolute Gasteiger partial charge is 0.249 e. The molecule has 0 saturated heterocycles. The molecule has 2 aromatic carbocycles. The molecule has 0 unspecified atom stereocenters. The van der Waals surface area contributed by atoms with E-state index >= 15 is 0 Å². The second kappa shape index (κ2) is 4.94. The molecule has 0 aliphatic carbocycles. The van der Waals surface area contributed by atoms with E-state index in [0.29, 0.717) is 17.0 Å². The van der Waals surface area contributed by atoms with Crippen molar-refractivity contribution in [2.45, 2.75) is 0 Å². The predicted molar refractivity (Wildman–Crippen MR) is 78.3 cm³/mol. The van der Waals surface area contributed by atoms with Gasteiger partial charge in [-0.1, -0.05) is 6.07 Å². The fourth-order valence-electron chi connectivity index (χ4n) is 2.41. The quantitative estimate of drug-likeness (QED) is 0.804. The number of carbonyl (C=O) groups excluding carboxylic acids is 1. The number of halogens is 1.